The fourth-order valence-electron chi connectivity index (χ4n) is 1.44. The Balaban J connectivity index is 3.00. The van der Waals surface area contributed by atoms with E-state index in [-0.39, 0.29) is 0 Å². The highest BCUT2D eigenvalue weighted by Crippen LogP contribution is 2.31. The molecular formula is C14H16O5. The van der Waals surface area contributed by atoms with E-state index in [1.807, 2.05) is 6.92 Å². The van der Waals surface area contributed by atoms with Gasteiger partial charge >= 0.3 is 5.97 Å². The molecule has 1 aromatic rings. The van der Waals surface area contributed by atoms with Gasteiger partial charge in [0.1, 0.15) is 0 Å². The van der Waals surface area contributed by atoms with E-state index < -0.39 is 11.8 Å². The van der Waals surface area contributed by atoms with E-state index in [0.717, 1.165) is 12.5 Å². The Hall–Kier alpha value is -2.30. The van der Waals surface area contributed by atoms with Gasteiger partial charge in [0, 0.05) is 5.56 Å². The molecule has 0 fully saturated rings. The van der Waals surface area contributed by atoms with Crippen molar-refractivity contribution in [1.82, 2.24) is 0 Å². The van der Waals surface area contributed by atoms with Gasteiger partial charge < -0.3 is 14.6 Å². The van der Waals surface area contributed by atoms with E-state index >= 15 is 0 Å². The number of carboxylic acids is 1. The van der Waals surface area contributed by atoms with Crippen molar-refractivity contribution in [3.63, 3.8) is 0 Å². The van der Waals surface area contributed by atoms with Crippen LogP contribution in [0.1, 0.15) is 18.9 Å². The Morgan fingerprint density at radius 2 is 2.11 bits per heavy atom. The smallest absolute Gasteiger partial charge is 0.376 e. The monoisotopic (exact) mass is 264 g/mol. The van der Waals surface area contributed by atoms with Crippen LogP contribution in [0.15, 0.2) is 24.3 Å². The summed E-state index contributed by atoms with van der Waals surface area (Å²) in [6.07, 6.45) is 3.25. The molecule has 19 heavy (non-hydrogen) atoms. The molecule has 5 heteroatoms. The Morgan fingerprint density at radius 3 is 2.68 bits per heavy atom. The second-order valence-corrected chi connectivity index (χ2v) is 3.73. The van der Waals surface area contributed by atoms with Crippen molar-refractivity contribution >= 4 is 17.8 Å². The maximum atomic E-state index is 11.0. The summed E-state index contributed by atoms with van der Waals surface area (Å²) in [6.45, 7) is 2.54. The number of carbonyl (C=O) groups excluding carboxylic acids is 1. The van der Waals surface area contributed by atoms with Crippen molar-refractivity contribution in [3.8, 4) is 11.5 Å². The minimum Gasteiger partial charge on any atom is -0.492 e. The van der Waals surface area contributed by atoms with Crippen LogP contribution in [0.3, 0.4) is 0 Å². The molecule has 0 saturated heterocycles. The molecule has 0 spiro atoms. The Bertz CT molecular complexity index is 491. The highest BCUT2D eigenvalue weighted by atomic mass is 16.5. The summed E-state index contributed by atoms with van der Waals surface area (Å²) in [6, 6.07) is 5.21. The predicted molar refractivity (Wildman–Crippen MR) is 70.5 cm³/mol. The molecule has 0 amide bonds. The molecular weight excluding hydrogens is 248 g/mol. The van der Waals surface area contributed by atoms with Crippen LogP contribution in [0.4, 0.5) is 0 Å². The standard InChI is InChI=1S/C14H16O5/c1-3-9-19-12-6-4-5-10(13(12)18-2)7-8-11(15)14(16)17/h4-8H,3,9H2,1-2H3,(H,16,17)/b8-7+. The molecule has 0 radical (unpaired) electrons. The van der Waals surface area contributed by atoms with E-state index in [9.17, 15) is 9.59 Å². The minimum atomic E-state index is -1.49. The lowest BCUT2D eigenvalue weighted by Crippen LogP contribution is -2.08. The van der Waals surface area contributed by atoms with Crippen LogP contribution in [0, 0.1) is 0 Å². The average molecular weight is 264 g/mol. The highest BCUT2D eigenvalue weighted by molar-refractivity contribution is 6.38. The third-order valence-electron chi connectivity index (χ3n) is 2.30. The molecule has 0 bridgehead atoms. The molecule has 0 saturated carbocycles. The van der Waals surface area contributed by atoms with Gasteiger partial charge in [0.15, 0.2) is 11.5 Å². The summed E-state index contributed by atoms with van der Waals surface area (Å²) in [7, 11) is 1.49. The molecule has 102 valence electrons. The number of aliphatic carboxylic acids is 1. The summed E-state index contributed by atoms with van der Waals surface area (Å²) in [5.41, 5.74) is 0.589. The lowest BCUT2D eigenvalue weighted by atomic mass is 10.1. The van der Waals surface area contributed by atoms with Gasteiger partial charge in [0.05, 0.1) is 13.7 Å². The summed E-state index contributed by atoms with van der Waals surface area (Å²) in [4.78, 5) is 21.4. The number of hydrogen-bond donors (Lipinski definition) is 1. The minimum absolute atomic E-state index is 0.477. The molecule has 1 rings (SSSR count). The molecule has 5 nitrogen and oxygen atoms in total. The quantitative estimate of drug-likeness (QED) is 0.603. The van der Waals surface area contributed by atoms with Crippen LogP contribution in [0.2, 0.25) is 0 Å². The van der Waals surface area contributed by atoms with Crippen molar-refractivity contribution < 1.29 is 24.2 Å². The van der Waals surface area contributed by atoms with Gasteiger partial charge in [-0.15, -0.1) is 0 Å². The number of carbonyl (C=O) groups is 2. The number of ether oxygens (including phenoxy) is 2. The Morgan fingerprint density at radius 1 is 1.37 bits per heavy atom. The van der Waals surface area contributed by atoms with Crippen LogP contribution in [0.5, 0.6) is 11.5 Å². The van der Waals surface area contributed by atoms with E-state index in [2.05, 4.69) is 0 Å². The van der Waals surface area contributed by atoms with Crippen molar-refractivity contribution in [1.29, 1.82) is 0 Å². The zero-order valence-electron chi connectivity index (χ0n) is 10.9. The lowest BCUT2D eigenvalue weighted by molar-refractivity contribution is -0.146. The van der Waals surface area contributed by atoms with Gasteiger partial charge in [-0.25, -0.2) is 4.79 Å². The first kappa shape index (κ1) is 14.8. The Labute approximate surface area is 111 Å². The van der Waals surface area contributed by atoms with E-state index in [1.165, 1.54) is 13.2 Å². The predicted octanol–water partition coefficient (Wildman–Crippen LogP) is 2.15. The van der Waals surface area contributed by atoms with Gasteiger partial charge in [0.25, 0.3) is 5.78 Å². The molecule has 0 aromatic heterocycles. The summed E-state index contributed by atoms with van der Waals surface area (Å²) < 4.78 is 10.7. The van der Waals surface area contributed by atoms with Crippen molar-refractivity contribution in [2.75, 3.05) is 13.7 Å². The molecule has 0 unspecified atom stereocenters. The van der Waals surface area contributed by atoms with Crippen molar-refractivity contribution in [3.05, 3.63) is 29.8 Å². The van der Waals surface area contributed by atoms with Gasteiger partial charge in [-0.2, -0.15) is 0 Å². The summed E-state index contributed by atoms with van der Waals surface area (Å²) in [5, 5.41) is 8.50. The van der Waals surface area contributed by atoms with E-state index in [1.54, 1.807) is 18.2 Å². The van der Waals surface area contributed by atoms with E-state index in [4.69, 9.17) is 14.6 Å². The van der Waals surface area contributed by atoms with Crippen LogP contribution in [-0.4, -0.2) is 30.6 Å². The van der Waals surface area contributed by atoms with E-state index in [0.29, 0.717) is 23.7 Å². The third kappa shape index (κ3) is 4.13. The van der Waals surface area contributed by atoms with Crippen LogP contribution in [0.25, 0.3) is 6.08 Å². The van der Waals surface area contributed by atoms with Crippen molar-refractivity contribution in [2.24, 2.45) is 0 Å². The van der Waals surface area contributed by atoms with Crippen molar-refractivity contribution in [2.45, 2.75) is 13.3 Å². The first-order chi connectivity index (χ1) is 9.10. The summed E-state index contributed by atoms with van der Waals surface area (Å²) >= 11 is 0. The maximum Gasteiger partial charge on any atom is 0.376 e. The zero-order valence-corrected chi connectivity index (χ0v) is 10.9. The normalized spacial score (nSPS) is 10.4. The molecule has 0 aliphatic rings. The molecule has 0 atom stereocenters. The summed E-state index contributed by atoms with van der Waals surface area (Å²) in [5.74, 6) is -1.44. The Kier molecular flexibility index (Phi) is 5.60. The average Bonchev–Trinajstić information content (AvgIpc) is 2.41. The fourth-order valence-corrected chi connectivity index (χ4v) is 1.44. The highest BCUT2D eigenvalue weighted by Gasteiger charge is 2.10. The lowest BCUT2D eigenvalue weighted by Gasteiger charge is -2.12. The van der Waals surface area contributed by atoms with Crippen LogP contribution >= 0.6 is 0 Å². The second kappa shape index (κ2) is 7.20. The first-order valence-corrected chi connectivity index (χ1v) is 5.85. The SMILES string of the molecule is CCCOc1cccc(/C=C/C(=O)C(=O)O)c1OC. The molecule has 1 aromatic carbocycles. The number of benzene rings is 1. The molecule has 0 heterocycles. The topological polar surface area (TPSA) is 72.8 Å². The van der Waals surface area contributed by atoms with Gasteiger partial charge in [-0.1, -0.05) is 19.1 Å². The number of carboxylic acid groups (broad SMARTS) is 1. The van der Waals surface area contributed by atoms with Gasteiger partial charge in [-0.05, 0) is 24.6 Å². The molecule has 0 aliphatic carbocycles. The third-order valence-corrected chi connectivity index (χ3v) is 2.30. The largest absolute Gasteiger partial charge is 0.492 e. The fraction of sp³-hybridized carbons (Fsp3) is 0.286. The van der Waals surface area contributed by atoms with Gasteiger partial charge in [-0.3, -0.25) is 4.79 Å². The second-order valence-electron chi connectivity index (χ2n) is 3.73. The number of methoxy groups -OCH3 is 1. The van der Waals surface area contributed by atoms with Crippen LogP contribution in [-0.2, 0) is 9.59 Å². The van der Waals surface area contributed by atoms with Gasteiger partial charge in [0.2, 0.25) is 0 Å². The number of para-hydroxylation sites is 1. The number of rotatable bonds is 7. The molecule has 0 aliphatic heterocycles. The number of hydrogen-bond acceptors (Lipinski definition) is 4. The first-order valence-electron chi connectivity index (χ1n) is 5.85. The maximum absolute atomic E-state index is 11.0. The number of ketones is 1. The zero-order chi connectivity index (χ0) is 14.3. The van der Waals surface area contributed by atoms with Crippen LogP contribution < -0.4 is 9.47 Å². The molecule has 1 N–H and O–H groups in total.